The minimum absolute atomic E-state index is 0.665. The molecule has 1 aliphatic rings. The van der Waals surface area contributed by atoms with Gasteiger partial charge >= 0.3 is 0 Å². The molecule has 1 aliphatic carbocycles. The van der Waals surface area contributed by atoms with Crippen LogP contribution in [0.1, 0.15) is 12.5 Å². The number of fused-ring (bicyclic) bond motifs is 3. The van der Waals surface area contributed by atoms with Crippen molar-refractivity contribution in [3.05, 3.63) is 59.6 Å². The smallest absolute Gasteiger partial charge is 0.0619 e. The van der Waals surface area contributed by atoms with Gasteiger partial charge < -0.3 is 0 Å². The van der Waals surface area contributed by atoms with Gasteiger partial charge in [0.25, 0.3) is 0 Å². The van der Waals surface area contributed by atoms with Crippen molar-refractivity contribution in [2.24, 2.45) is 0 Å². The van der Waals surface area contributed by atoms with Gasteiger partial charge in [-0.05, 0) is 28.7 Å². The monoisotopic (exact) mass is 167 g/mol. The van der Waals surface area contributed by atoms with Crippen LogP contribution in [0.25, 0.3) is 11.1 Å². The Kier molecular flexibility index (Phi) is 1.13. The van der Waals surface area contributed by atoms with Crippen molar-refractivity contribution in [1.82, 2.24) is 0 Å². The van der Waals surface area contributed by atoms with E-state index in [0.29, 0.717) is 6.04 Å². The molecule has 0 N–H and O–H groups in total. The molecule has 2 aromatic carbocycles. The highest BCUT2D eigenvalue weighted by Crippen LogP contribution is 2.35. The van der Waals surface area contributed by atoms with E-state index in [1.165, 1.54) is 22.3 Å². The summed E-state index contributed by atoms with van der Waals surface area (Å²) in [6.07, 6.45) is 0.922. The van der Waals surface area contributed by atoms with Crippen LogP contribution in [0.2, 0.25) is 0 Å². The van der Waals surface area contributed by atoms with Crippen LogP contribution in [-0.4, -0.2) is 0 Å². The van der Waals surface area contributed by atoms with Crippen LogP contribution >= 0.6 is 0 Å². The molecule has 13 heavy (non-hydrogen) atoms. The van der Waals surface area contributed by atoms with Gasteiger partial charge in [0.05, 0.1) is 1.37 Å². The fourth-order valence-electron chi connectivity index (χ4n) is 2.00. The average Bonchev–Trinajstić information content (AvgIpc) is 2.59. The van der Waals surface area contributed by atoms with Crippen LogP contribution in [0.4, 0.5) is 0 Å². The van der Waals surface area contributed by atoms with Gasteiger partial charge in [0.1, 0.15) is 0 Å². The van der Waals surface area contributed by atoms with E-state index in [0.717, 1.165) is 6.42 Å². The van der Waals surface area contributed by atoms with Gasteiger partial charge in [-0.3, -0.25) is 0 Å². The Labute approximate surface area is 79.3 Å². The summed E-state index contributed by atoms with van der Waals surface area (Å²) in [4.78, 5) is 0. The van der Waals surface area contributed by atoms with E-state index >= 15 is 0 Å². The Hall–Kier alpha value is -1.56. The first-order valence-corrected chi connectivity index (χ1v) is 4.53. The zero-order chi connectivity index (χ0) is 9.54. The Morgan fingerprint density at radius 2 is 1.54 bits per heavy atom. The lowest BCUT2D eigenvalue weighted by atomic mass is 10.1. The second-order valence-corrected chi connectivity index (χ2v) is 3.40. The van der Waals surface area contributed by atoms with Gasteiger partial charge in [0.15, 0.2) is 0 Å². The fraction of sp³-hybridized carbons (Fsp3) is 0.0769. The molecular formula is C13H10. The zero-order valence-electron chi connectivity index (χ0n) is 8.25. The van der Waals surface area contributed by atoms with Crippen molar-refractivity contribution in [3.63, 3.8) is 0 Å². The topological polar surface area (TPSA) is 0 Å². The molecule has 0 nitrogen and oxygen atoms in total. The molecule has 0 saturated carbocycles. The highest BCUT2D eigenvalue weighted by atomic mass is 14.2. The zero-order valence-corrected chi connectivity index (χ0v) is 7.25. The predicted octanol–water partition coefficient (Wildman–Crippen LogP) is 3.26. The summed E-state index contributed by atoms with van der Waals surface area (Å²) in [6.45, 7) is 0. The van der Waals surface area contributed by atoms with E-state index in [9.17, 15) is 0 Å². The van der Waals surface area contributed by atoms with Crippen LogP contribution in [-0.2, 0) is 6.42 Å². The van der Waals surface area contributed by atoms with E-state index < -0.39 is 0 Å². The van der Waals surface area contributed by atoms with Crippen LogP contribution in [0.15, 0.2) is 48.5 Å². The Balaban J connectivity index is 2.33. The average molecular weight is 167 g/mol. The molecule has 0 fully saturated rings. The highest BCUT2D eigenvalue weighted by Gasteiger charge is 2.15. The molecule has 0 heteroatoms. The molecule has 0 saturated heterocycles. The Bertz CT molecular complexity index is 500. The van der Waals surface area contributed by atoms with Gasteiger partial charge in [-0.2, -0.15) is 0 Å². The molecule has 0 amide bonds. The van der Waals surface area contributed by atoms with Crippen molar-refractivity contribution in [1.29, 1.82) is 0 Å². The molecule has 0 radical (unpaired) electrons. The molecule has 3 rings (SSSR count). The third-order valence-electron chi connectivity index (χ3n) is 2.62. The molecule has 0 atom stereocenters. The number of hydrogen-bond acceptors (Lipinski definition) is 0. The molecular weight excluding hydrogens is 156 g/mol. The van der Waals surface area contributed by atoms with Crippen LogP contribution in [0.3, 0.4) is 0 Å². The minimum Gasteiger partial charge on any atom is -0.0619 e. The second kappa shape index (κ2) is 2.46. The van der Waals surface area contributed by atoms with E-state index in [-0.39, 0.29) is 0 Å². The SMILES string of the molecule is [2H]c1cccc2c1Cc1ccccc1-2. The lowest BCUT2D eigenvalue weighted by molar-refractivity contribution is 1.26. The quantitative estimate of drug-likeness (QED) is 0.482. The minimum atomic E-state index is 0.665. The van der Waals surface area contributed by atoms with Crippen molar-refractivity contribution in [2.45, 2.75) is 6.42 Å². The largest absolute Gasteiger partial charge is 0.0626 e. The Morgan fingerprint density at radius 1 is 0.846 bits per heavy atom. The lowest BCUT2D eigenvalue weighted by Crippen LogP contribution is -1.77. The predicted molar refractivity (Wildman–Crippen MR) is 54.7 cm³/mol. The summed E-state index contributed by atoms with van der Waals surface area (Å²) >= 11 is 0. The van der Waals surface area contributed by atoms with Crippen LogP contribution in [0, 0.1) is 0 Å². The summed E-state index contributed by atoms with van der Waals surface area (Å²) in [5.74, 6) is 0. The molecule has 0 bridgehead atoms. The Morgan fingerprint density at radius 3 is 2.46 bits per heavy atom. The summed E-state index contributed by atoms with van der Waals surface area (Å²) < 4.78 is 7.83. The maximum atomic E-state index is 7.83. The second-order valence-electron chi connectivity index (χ2n) is 3.40. The molecule has 2 aromatic rings. The highest BCUT2D eigenvalue weighted by molar-refractivity contribution is 5.76. The van der Waals surface area contributed by atoms with Gasteiger partial charge in [0, 0.05) is 0 Å². The standard InChI is InChI=1S/C13H10/c1-3-7-12-10(5-1)9-11-6-2-4-8-13(11)12/h1-8H,9H2/i5D. The summed E-state index contributed by atoms with van der Waals surface area (Å²) in [5.41, 5.74) is 5.07. The van der Waals surface area contributed by atoms with Crippen molar-refractivity contribution in [2.75, 3.05) is 0 Å². The summed E-state index contributed by atoms with van der Waals surface area (Å²) in [5, 5.41) is 0. The van der Waals surface area contributed by atoms with Gasteiger partial charge in [-0.25, -0.2) is 0 Å². The number of hydrogen-bond donors (Lipinski definition) is 0. The van der Waals surface area contributed by atoms with Crippen molar-refractivity contribution < 1.29 is 1.37 Å². The van der Waals surface area contributed by atoms with E-state index in [1.54, 1.807) is 0 Å². The maximum absolute atomic E-state index is 7.83. The van der Waals surface area contributed by atoms with E-state index in [2.05, 4.69) is 30.3 Å². The lowest BCUT2D eigenvalue weighted by Gasteiger charge is -1.98. The van der Waals surface area contributed by atoms with Crippen LogP contribution in [0.5, 0.6) is 0 Å². The summed E-state index contributed by atoms with van der Waals surface area (Å²) in [7, 11) is 0. The fourth-order valence-corrected chi connectivity index (χ4v) is 2.00. The molecule has 0 spiro atoms. The van der Waals surface area contributed by atoms with E-state index in [1.807, 2.05) is 12.1 Å². The van der Waals surface area contributed by atoms with Crippen LogP contribution < -0.4 is 0 Å². The molecule has 0 aromatic heterocycles. The van der Waals surface area contributed by atoms with E-state index in [4.69, 9.17) is 1.37 Å². The maximum Gasteiger partial charge on any atom is 0.0626 e. The first-order valence-electron chi connectivity index (χ1n) is 5.03. The van der Waals surface area contributed by atoms with Crippen molar-refractivity contribution in [3.8, 4) is 11.1 Å². The third-order valence-corrected chi connectivity index (χ3v) is 2.62. The first kappa shape index (κ1) is 5.98. The number of rotatable bonds is 0. The number of benzene rings is 2. The normalized spacial score (nSPS) is 13.4. The molecule has 0 heterocycles. The molecule has 62 valence electrons. The molecule has 0 aliphatic heterocycles. The van der Waals surface area contributed by atoms with Gasteiger partial charge in [-0.15, -0.1) is 0 Å². The molecule has 0 unspecified atom stereocenters. The van der Waals surface area contributed by atoms with Gasteiger partial charge in [-0.1, -0.05) is 48.5 Å². The van der Waals surface area contributed by atoms with Gasteiger partial charge in [0.2, 0.25) is 0 Å². The summed E-state index contributed by atoms with van der Waals surface area (Å²) in [6, 6.07) is 15.0. The van der Waals surface area contributed by atoms with Crippen molar-refractivity contribution >= 4 is 0 Å². The third kappa shape index (κ3) is 0.919. The first-order chi connectivity index (χ1) is 6.86.